The highest BCUT2D eigenvalue weighted by atomic mass is 19.1. The first-order valence-electron chi connectivity index (χ1n) is 10.1. The van der Waals surface area contributed by atoms with Crippen molar-refractivity contribution in [2.24, 2.45) is 5.10 Å². The number of benzene rings is 3. The zero-order valence-electron chi connectivity index (χ0n) is 17.3. The van der Waals surface area contributed by atoms with E-state index in [2.05, 4.69) is 17.1 Å². The molecule has 6 heteroatoms. The Kier molecular flexibility index (Phi) is 6.41. The van der Waals surface area contributed by atoms with E-state index in [1.54, 1.807) is 48.5 Å². The first kappa shape index (κ1) is 21.1. The number of rotatable bonds is 8. The van der Waals surface area contributed by atoms with Crippen molar-refractivity contribution in [1.82, 2.24) is 5.43 Å². The number of halogens is 1. The lowest BCUT2D eigenvalue weighted by molar-refractivity contribution is 0.0929. The van der Waals surface area contributed by atoms with Gasteiger partial charge in [0.2, 0.25) is 0 Å². The molecule has 1 aromatic heterocycles. The van der Waals surface area contributed by atoms with Crippen molar-refractivity contribution in [2.75, 3.05) is 0 Å². The van der Waals surface area contributed by atoms with Gasteiger partial charge in [0.05, 0.1) is 6.21 Å². The Labute approximate surface area is 184 Å². The highest BCUT2D eigenvalue weighted by Crippen LogP contribution is 2.23. The molecule has 0 unspecified atom stereocenters. The van der Waals surface area contributed by atoms with Crippen LogP contribution in [-0.2, 0) is 13.0 Å². The summed E-state index contributed by atoms with van der Waals surface area (Å²) >= 11 is 0. The maximum Gasteiger partial charge on any atom is 0.307 e. The van der Waals surface area contributed by atoms with E-state index in [-0.39, 0.29) is 18.2 Å². The minimum Gasteiger partial charge on any atom is -0.489 e. The van der Waals surface area contributed by atoms with Crippen LogP contribution in [0, 0.1) is 5.82 Å². The fraction of sp³-hybridized carbons (Fsp3) is 0.0769. The van der Waals surface area contributed by atoms with Gasteiger partial charge < -0.3 is 9.15 Å². The number of allylic oxidation sites excluding steroid dienone is 1. The summed E-state index contributed by atoms with van der Waals surface area (Å²) in [7, 11) is 0. The van der Waals surface area contributed by atoms with Crippen LogP contribution in [0.25, 0.3) is 11.0 Å². The van der Waals surface area contributed by atoms with Gasteiger partial charge in [-0.05, 0) is 53.9 Å². The second-order valence-electron chi connectivity index (χ2n) is 7.09. The molecule has 1 amide bonds. The molecule has 32 heavy (non-hydrogen) atoms. The summed E-state index contributed by atoms with van der Waals surface area (Å²) in [5.41, 5.74) is 5.24. The largest absolute Gasteiger partial charge is 0.489 e. The van der Waals surface area contributed by atoms with Gasteiger partial charge >= 0.3 is 5.91 Å². The second-order valence-corrected chi connectivity index (χ2v) is 7.09. The molecular formula is C26H21FN2O3. The Hall–Kier alpha value is -4.19. The van der Waals surface area contributed by atoms with Crippen LogP contribution in [0.15, 0.2) is 95.0 Å². The van der Waals surface area contributed by atoms with Crippen molar-refractivity contribution >= 4 is 23.1 Å². The molecule has 0 fully saturated rings. The predicted molar refractivity (Wildman–Crippen MR) is 122 cm³/mol. The Morgan fingerprint density at radius 2 is 1.88 bits per heavy atom. The van der Waals surface area contributed by atoms with Crippen molar-refractivity contribution in [3.05, 3.63) is 114 Å². The number of nitrogens with one attached hydrogen (secondary N) is 1. The van der Waals surface area contributed by atoms with Gasteiger partial charge in [0.25, 0.3) is 0 Å². The van der Waals surface area contributed by atoms with Gasteiger partial charge in [-0.3, -0.25) is 4.79 Å². The molecule has 5 nitrogen and oxygen atoms in total. The summed E-state index contributed by atoms with van der Waals surface area (Å²) in [6.07, 6.45) is 3.86. The smallest absolute Gasteiger partial charge is 0.307 e. The lowest BCUT2D eigenvalue weighted by Gasteiger charge is -2.12. The number of furan rings is 1. The normalized spacial score (nSPS) is 11.0. The van der Waals surface area contributed by atoms with Gasteiger partial charge in [-0.2, -0.15) is 5.10 Å². The Balaban J connectivity index is 1.43. The van der Waals surface area contributed by atoms with Crippen LogP contribution in [0.5, 0.6) is 5.75 Å². The maximum absolute atomic E-state index is 13.8. The third-order valence-electron chi connectivity index (χ3n) is 4.82. The third kappa shape index (κ3) is 4.92. The SMILES string of the molecule is C=CCc1cc(/C=N/NC(=O)c2cc3ccccc3o2)ccc1OCc1ccccc1F. The van der Waals surface area contributed by atoms with Gasteiger partial charge in [-0.1, -0.05) is 42.5 Å². The monoisotopic (exact) mass is 428 g/mol. The summed E-state index contributed by atoms with van der Waals surface area (Å²) in [5.74, 6) is 0.0829. The molecule has 4 rings (SSSR count). The van der Waals surface area contributed by atoms with Crippen LogP contribution >= 0.6 is 0 Å². The van der Waals surface area contributed by atoms with Crippen molar-refractivity contribution in [3.8, 4) is 5.75 Å². The van der Waals surface area contributed by atoms with E-state index in [0.29, 0.717) is 23.3 Å². The van der Waals surface area contributed by atoms with E-state index in [1.165, 1.54) is 12.3 Å². The topological polar surface area (TPSA) is 63.8 Å². The van der Waals surface area contributed by atoms with Crippen molar-refractivity contribution in [1.29, 1.82) is 0 Å². The van der Waals surface area contributed by atoms with Gasteiger partial charge in [0.15, 0.2) is 5.76 Å². The van der Waals surface area contributed by atoms with E-state index in [9.17, 15) is 9.18 Å². The minimum absolute atomic E-state index is 0.123. The van der Waals surface area contributed by atoms with E-state index in [4.69, 9.17) is 9.15 Å². The quantitative estimate of drug-likeness (QED) is 0.224. The predicted octanol–water partition coefficient (Wildman–Crippen LogP) is 5.64. The highest BCUT2D eigenvalue weighted by Gasteiger charge is 2.11. The number of para-hydroxylation sites is 1. The average molecular weight is 428 g/mol. The number of fused-ring (bicyclic) bond motifs is 1. The molecule has 0 spiro atoms. The van der Waals surface area contributed by atoms with E-state index >= 15 is 0 Å². The molecule has 0 saturated heterocycles. The second kappa shape index (κ2) is 9.75. The van der Waals surface area contributed by atoms with Gasteiger partial charge in [-0.15, -0.1) is 6.58 Å². The molecule has 0 aliphatic carbocycles. The molecule has 0 saturated carbocycles. The molecular weight excluding hydrogens is 407 g/mol. The number of amides is 1. The number of ether oxygens (including phenoxy) is 1. The zero-order valence-corrected chi connectivity index (χ0v) is 17.3. The van der Waals surface area contributed by atoms with E-state index in [0.717, 1.165) is 16.5 Å². The van der Waals surface area contributed by atoms with E-state index < -0.39 is 5.91 Å². The first-order chi connectivity index (χ1) is 15.6. The third-order valence-corrected chi connectivity index (χ3v) is 4.82. The van der Waals surface area contributed by atoms with Gasteiger partial charge in [-0.25, -0.2) is 9.82 Å². The number of nitrogens with zero attached hydrogens (tertiary/aromatic N) is 1. The maximum atomic E-state index is 13.8. The molecule has 1 N–H and O–H groups in total. The fourth-order valence-electron chi connectivity index (χ4n) is 3.22. The number of carbonyl (C=O) groups is 1. The van der Waals surface area contributed by atoms with E-state index in [1.807, 2.05) is 24.3 Å². The van der Waals surface area contributed by atoms with Crippen molar-refractivity contribution < 1.29 is 18.3 Å². The molecule has 4 aromatic rings. The summed E-state index contributed by atoms with van der Waals surface area (Å²) in [4.78, 5) is 12.3. The lowest BCUT2D eigenvalue weighted by atomic mass is 10.1. The Bertz CT molecular complexity index is 1260. The molecule has 160 valence electrons. The average Bonchev–Trinajstić information content (AvgIpc) is 3.24. The van der Waals surface area contributed by atoms with Crippen LogP contribution in [0.3, 0.4) is 0 Å². The number of hydrazone groups is 1. The van der Waals surface area contributed by atoms with Gasteiger partial charge in [0, 0.05) is 10.9 Å². The first-order valence-corrected chi connectivity index (χ1v) is 10.1. The highest BCUT2D eigenvalue weighted by molar-refractivity contribution is 5.96. The number of hydrogen-bond acceptors (Lipinski definition) is 4. The summed E-state index contributed by atoms with van der Waals surface area (Å²) in [5, 5.41) is 4.87. The summed E-state index contributed by atoms with van der Waals surface area (Å²) in [6, 6.07) is 21.0. The molecule has 0 bridgehead atoms. The summed E-state index contributed by atoms with van der Waals surface area (Å²) in [6.45, 7) is 3.90. The summed E-state index contributed by atoms with van der Waals surface area (Å²) < 4.78 is 25.2. The lowest BCUT2D eigenvalue weighted by Crippen LogP contribution is -2.16. The van der Waals surface area contributed by atoms with Crippen LogP contribution < -0.4 is 10.2 Å². The molecule has 3 aromatic carbocycles. The molecule has 1 heterocycles. The molecule has 0 atom stereocenters. The molecule has 0 aliphatic heterocycles. The van der Waals surface area contributed by atoms with Gasteiger partial charge in [0.1, 0.15) is 23.8 Å². The number of hydrogen-bond donors (Lipinski definition) is 1. The fourth-order valence-corrected chi connectivity index (χ4v) is 3.22. The zero-order chi connectivity index (χ0) is 22.3. The van der Waals surface area contributed by atoms with Crippen LogP contribution in [0.2, 0.25) is 0 Å². The molecule has 0 aliphatic rings. The Morgan fingerprint density at radius 3 is 2.69 bits per heavy atom. The standard InChI is InChI=1S/C26H21FN2O3/c1-2-7-19-14-18(12-13-23(19)31-17-21-9-3-5-10-22(21)27)16-28-29-26(30)25-15-20-8-4-6-11-24(20)32-25/h2-6,8-16H,1,7,17H2,(H,29,30)/b28-16+. The van der Waals surface area contributed by atoms with Crippen LogP contribution in [0.1, 0.15) is 27.2 Å². The van der Waals surface area contributed by atoms with Crippen LogP contribution in [-0.4, -0.2) is 12.1 Å². The van der Waals surface area contributed by atoms with Crippen molar-refractivity contribution in [3.63, 3.8) is 0 Å². The minimum atomic E-state index is -0.436. The molecule has 0 radical (unpaired) electrons. The van der Waals surface area contributed by atoms with Crippen LogP contribution in [0.4, 0.5) is 4.39 Å². The number of carbonyl (C=O) groups excluding carboxylic acids is 1. The van der Waals surface area contributed by atoms with Crippen molar-refractivity contribution in [2.45, 2.75) is 13.0 Å². The Morgan fingerprint density at radius 1 is 1.06 bits per heavy atom.